The molecule has 2 aliphatic carbocycles. The van der Waals surface area contributed by atoms with Crippen molar-refractivity contribution in [3.63, 3.8) is 0 Å². The second-order valence-electron chi connectivity index (χ2n) is 6.40. The number of amides is 1. The summed E-state index contributed by atoms with van der Waals surface area (Å²) < 4.78 is 22.3. The zero-order valence-electron chi connectivity index (χ0n) is 13.6. The van der Waals surface area contributed by atoms with Crippen LogP contribution in [0.5, 0.6) is 0 Å². The summed E-state index contributed by atoms with van der Waals surface area (Å²) in [7, 11) is 0. The fraction of sp³-hybridized carbons (Fsp3) is 0.368. The largest absolute Gasteiger partial charge is 0.329 e. The Morgan fingerprint density at radius 3 is 2.42 bits per heavy atom. The molecule has 1 N–H and O–H groups in total. The summed E-state index contributed by atoms with van der Waals surface area (Å²) in [6.45, 7) is 2.05. The van der Waals surface area contributed by atoms with Crippen LogP contribution in [0.15, 0.2) is 36.5 Å². The van der Waals surface area contributed by atoms with Gasteiger partial charge in [0.1, 0.15) is 0 Å². The predicted octanol–water partition coefficient (Wildman–Crippen LogP) is 4.92. The Balaban J connectivity index is 0.000000290. The van der Waals surface area contributed by atoms with Crippen LogP contribution in [0.1, 0.15) is 42.7 Å². The van der Waals surface area contributed by atoms with Gasteiger partial charge >= 0.3 is 0 Å². The highest BCUT2D eigenvalue weighted by Crippen LogP contribution is 2.41. The number of hydrogen-bond acceptors (Lipinski definition) is 2. The van der Waals surface area contributed by atoms with Crippen LogP contribution in [-0.4, -0.2) is 17.3 Å². The summed E-state index contributed by atoms with van der Waals surface area (Å²) in [6.07, 6.45) is 5.49. The first-order valence-electron chi connectivity index (χ1n) is 8.13. The van der Waals surface area contributed by atoms with Crippen molar-refractivity contribution in [2.75, 3.05) is 5.32 Å². The Morgan fingerprint density at radius 2 is 1.92 bits per heavy atom. The van der Waals surface area contributed by atoms with Gasteiger partial charge in [0.25, 0.3) is 0 Å². The fourth-order valence-corrected chi connectivity index (χ4v) is 2.37. The second-order valence-corrected chi connectivity index (χ2v) is 6.40. The topological polar surface area (TPSA) is 42.0 Å². The van der Waals surface area contributed by atoms with Crippen molar-refractivity contribution in [3.05, 3.63) is 47.7 Å². The highest BCUT2D eigenvalue weighted by molar-refractivity contribution is 5.76. The lowest BCUT2D eigenvalue weighted by atomic mass is 10.0. The average molecular weight is 330 g/mol. The molecule has 0 saturated heterocycles. The van der Waals surface area contributed by atoms with E-state index in [1.807, 2.05) is 24.4 Å². The van der Waals surface area contributed by atoms with Gasteiger partial charge in [0.2, 0.25) is 12.3 Å². The summed E-state index contributed by atoms with van der Waals surface area (Å²) in [6, 6.07) is 10.1. The molecule has 0 atom stereocenters. The van der Waals surface area contributed by atoms with Gasteiger partial charge in [-0.15, -0.1) is 0 Å². The molecule has 2 aliphatic rings. The van der Waals surface area contributed by atoms with Gasteiger partial charge in [-0.1, -0.05) is 12.1 Å². The molecule has 1 amide bonds. The van der Waals surface area contributed by atoms with Gasteiger partial charge in [0.15, 0.2) is 0 Å². The molecule has 1 aromatic heterocycles. The smallest absolute Gasteiger partial charge is 0.248 e. The van der Waals surface area contributed by atoms with Crippen LogP contribution in [0, 0.1) is 6.92 Å². The first-order chi connectivity index (χ1) is 11.5. The molecule has 1 aromatic carbocycles. The lowest BCUT2D eigenvalue weighted by Gasteiger charge is -2.08. The Bertz CT molecular complexity index is 719. The van der Waals surface area contributed by atoms with Gasteiger partial charge in [-0.2, -0.15) is 0 Å². The lowest BCUT2D eigenvalue weighted by Crippen LogP contribution is -1.95. The molecule has 2 fully saturated rings. The molecule has 0 unspecified atom stereocenters. The van der Waals surface area contributed by atoms with E-state index in [-0.39, 0.29) is 12.8 Å². The SMILES string of the molecule is Cc1ccc(NC=O)cc1-c1ccc(C2CC2)cn1.FC1(F)CC1. The number of carbonyl (C=O) groups excluding carboxylic acids is 1. The Labute approximate surface area is 140 Å². The van der Waals surface area contributed by atoms with E-state index in [1.165, 1.54) is 18.4 Å². The number of anilines is 1. The quantitative estimate of drug-likeness (QED) is 0.809. The molecule has 3 nitrogen and oxygen atoms in total. The van der Waals surface area contributed by atoms with Crippen molar-refractivity contribution in [2.45, 2.75) is 44.4 Å². The minimum absolute atomic E-state index is 0.118. The third kappa shape index (κ3) is 4.37. The maximum atomic E-state index is 11.1. The number of hydrogen-bond donors (Lipinski definition) is 1. The molecule has 24 heavy (non-hydrogen) atoms. The number of nitrogens with one attached hydrogen (secondary N) is 1. The first kappa shape index (κ1) is 16.6. The third-order valence-electron chi connectivity index (χ3n) is 4.20. The van der Waals surface area contributed by atoms with Gasteiger partial charge in [-0.05, 0) is 55.0 Å². The number of pyridine rings is 1. The Morgan fingerprint density at radius 1 is 1.21 bits per heavy atom. The summed E-state index contributed by atoms with van der Waals surface area (Å²) >= 11 is 0. The minimum Gasteiger partial charge on any atom is -0.329 e. The number of aryl methyl sites for hydroxylation is 1. The van der Waals surface area contributed by atoms with Crippen LogP contribution >= 0.6 is 0 Å². The van der Waals surface area contributed by atoms with Crippen molar-refractivity contribution < 1.29 is 13.6 Å². The summed E-state index contributed by atoms with van der Waals surface area (Å²) in [5.74, 6) is -1.52. The van der Waals surface area contributed by atoms with E-state index in [0.29, 0.717) is 6.41 Å². The van der Waals surface area contributed by atoms with Gasteiger partial charge in [-0.3, -0.25) is 9.78 Å². The molecule has 0 aliphatic heterocycles. The van der Waals surface area contributed by atoms with Crippen molar-refractivity contribution in [1.29, 1.82) is 0 Å². The summed E-state index contributed by atoms with van der Waals surface area (Å²) in [5.41, 5.74) is 5.31. The van der Waals surface area contributed by atoms with E-state index >= 15 is 0 Å². The standard InChI is InChI=1S/C16H16N2O.C3H4F2/c1-11-2-6-14(18-10-19)8-15(11)16-7-5-13(9-17-16)12-3-4-12;4-3(5)1-2-3/h2,5-10,12H,3-4H2,1H3,(H,18,19);1-2H2. The summed E-state index contributed by atoms with van der Waals surface area (Å²) in [5, 5.41) is 2.68. The number of alkyl halides is 2. The molecule has 5 heteroatoms. The second kappa shape index (κ2) is 6.67. The van der Waals surface area contributed by atoms with Gasteiger partial charge < -0.3 is 5.32 Å². The van der Waals surface area contributed by atoms with E-state index in [2.05, 4.69) is 29.4 Å². The average Bonchev–Trinajstić information content (AvgIpc) is 3.49. The van der Waals surface area contributed by atoms with E-state index < -0.39 is 5.92 Å². The van der Waals surface area contributed by atoms with Crippen molar-refractivity contribution >= 4 is 12.1 Å². The van der Waals surface area contributed by atoms with Crippen molar-refractivity contribution in [3.8, 4) is 11.3 Å². The van der Waals surface area contributed by atoms with E-state index in [9.17, 15) is 13.6 Å². The van der Waals surface area contributed by atoms with Crippen LogP contribution in [0.3, 0.4) is 0 Å². The number of nitrogens with zero attached hydrogens (tertiary/aromatic N) is 1. The van der Waals surface area contributed by atoms with Crippen LogP contribution in [-0.2, 0) is 4.79 Å². The molecule has 0 bridgehead atoms. The maximum absolute atomic E-state index is 11.1. The molecular formula is C19H20F2N2O. The maximum Gasteiger partial charge on any atom is 0.248 e. The number of halogens is 2. The number of rotatable bonds is 4. The zero-order valence-corrected chi connectivity index (χ0v) is 13.6. The predicted molar refractivity (Wildman–Crippen MR) is 90.3 cm³/mol. The molecule has 126 valence electrons. The van der Waals surface area contributed by atoms with Crippen LogP contribution < -0.4 is 5.32 Å². The van der Waals surface area contributed by atoms with Gasteiger partial charge in [-0.25, -0.2) is 8.78 Å². The lowest BCUT2D eigenvalue weighted by molar-refractivity contribution is -0.105. The van der Waals surface area contributed by atoms with Gasteiger partial charge in [0, 0.05) is 30.3 Å². The third-order valence-corrected chi connectivity index (χ3v) is 4.20. The zero-order chi connectivity index (χ0) is 17.2. The normalized spacial score (nSPS) is 17.5. The monoisotopic (exact) mass is 330 g/mol. The van der Waals surface area contributed by atoms with Crippen LogP contribution in [0.2, 0.25) is 0 Å². The molecule has 0 spiro atoms. The summed E-state index contributed by atoms with van der Waals surface area (Å²) in [4.78, 5) is 15.1. The molecule has 2 saturated carbocycles. The minimum atomic E-state index is -2.25. The highest BCUT2D eigenvalue weighted by Gasteiger charge is 2.43. The number of aromatic nitrogens is 1. The molecule has 2 aromatic rings. The van der Waals surface area contributed by atoms with E-state index in [1.54, 1.807) is 0 Å². The van der Waals surface area contributed by atoms with Crippen LogP contribution in [0.25, 0.3) is 11.3 Å². The van der Waals surface area contributed by atoms with Crippen molar-refractivity contribution in [1.82, 2.24) is 4.98 Å². The van der Waals surface area contributed by atoms with E-state index in [4.69, 9.17) is 0 Å². The van der Waals surface area contributed by atoms with E-state index in [0.717, 1.165) is 28.4 Å². The number of carbonyl (C=O) groups is 1. The molecular weight excluding hydrogens is 310 g/mol. The Hall–Kier alpha value is -2.30. The fourth-order valence-electron chi connectivity index (χ4n) is 2.37. The Kier molecular flexibility index (Phi) is 4.60. The molecule has 4 rings (SSSR count). The number of benzene rings is 1. The van der Waals surface area contributed by atoms with Crippen molar-refractivity contribution in [2.24, 2.45) is 0 Å². The first-order valence-corrected chi connectivity index (χ1v) is 8.13. The van der Waals surface area contributed by atoms with Crippen LogP contribution in [0.4, 0.5) is 14.5 Å². The molecule has 1 heterocycles. The van der Waals surface area contributed by atoms with Gasteiger partial charge in [0.05, 0.1) is 5.69 Å². The molecule has 0 radical (unpaired) electrons. The highest BCUT2D eigenvalue weighted by atomic mass is 19.3.